The molecule has 1 aliphatic rings. The van der Waals surface area contributed by atoms with E-state index < -0.39 is 0 Å². The zero-order valence-electron chi connectivity index (χ0n) is 9.17. The number of nitrogens with one attached hydrogen (secondary N) is 1. The first-order valence-electron chi connectivity index (χ1n) is 5.70. The van der Waals surface area contributed by atoms with Gasteiger partial charge in [-0.1, -0.05) is 15.9 Å². The van der Waals surface area contributed by atoms with Crippen LogP contribution in [0, 0.1) is 5.82 Å². The number of benzene rings is 1. The lowest BCUT2D eigenvalue weighted by Gasteiger charge is -2.19. The molecule has 0 bridgehead atoms. The Labute approximate surface area is 107 Å². The molecule has 2 aromatic rings. The molecule has 0 amide bonds. The van der Waals surface area contributed by atoms with Crippen LogP contribution in [0.4, 0.5) is 4.39 Å². The summed E-state index contributed by atoms with van der Waals surface area (Å²) >= 11 is 3.25. The Hall–Kier alpha value is -0.940. The van der Waals surface area contributed by atoms with Gasteiger partial charge in [0.1, 0.15) is 5.52 Å². The molecule has 1 aromatic carbocycles. The van der Waals surface area contributed by atoms with E-state index in [-0.39, 0.29) is 5.82 Å². The summed E-state index contributed by atoms with van der Waals surface area (Å²) in [6.45, 7) is 1.94. The third kappa shape index (κ3) is 2.09. The lowest BCUT2D eigenvalue weighted by Crippen LogP contribution is -2.26. The lowest BCUT2D eigenvalue weighted by molar-refractivity contribution is 0.385. The Bertz CT molecular complexity index is 549. The molecule has 3 nitrogen and oxygen atoms in total. The van der Waals surface area contributed by atoms with Gasteiger partial charge in [0.05, 0.1) is 0 Å². The van der Waals surface area contributed by atoms with Gasteiger partial charge in [-0.2, -0.15) is 0 Å². The van der Waals surface area contributed by atoms with Gasteiger partial charge in [0.25, 0.3) is 0 Å². The second-order valence-corrected chi connectivity index (χ2v) is 5.23. The van der Waals surface area contributed by atoms with Gasteiger partial charge in [0.2, 0.25) is 0 Å². The summed E-state index contributed by atoms with van der Waals surface area (Å²) in [5, 5.41) is 3.29. The third-order valence-corrected chi connectivity index (χ3v) is 3.58. The van der Waals surface area contributed by atoms with Gasteiger partial charge in [0.15, 0.2) is 17.3 Å². The monoisotopic (exact) mass is 298 g/mol. The van der Waals surface area contributed by atoms with Gasteiger partial charge in [-0.25, -0.2) is 9.37 Å². The molecule has 90 valence electrons. The number of aromatic nitrogens is 1. The first kappa shape index (κ1) is 11.2. The molecule has 0 radical (unpaired) electrons. The average molecular weight is 299 g/mol. The van der Waals surface area contributed by atoms with E-state index in [0.29, 0.717) is 27.4 Å². The second-order valence-electron chi connectivity index (χ2n) is 4.31. The topological polar surface area (TPSA) is 38.1 Å². The number of rotatable bonds is 1. The Morgan fingerprint density at radius 2 is 2.12 bits per heavy atom. The number of halogens is 2. The fourth-order valence-corrected chi connectivity index (χ4v) is 2.63. The molecule has 1 N–H and O–H groups in total. The molecule has 1 fully saturated rings. The van der Waals surface area contributed by atoms with Crippen LogP contribution in [0.15, 0.2) is 21.0 Å². The van der Waals surface area contributed by atoms with E-state index in [1.54, 1.807) is 6.07 Å². The maximum atomic E-state index is 13.7. The normalized spacial score (nSPS) is 17.8. The second kappa shape index (κ2) is 4.38. The van der Waals surface area contributed by atoms with Crippen molar-refractivity contribution in [3.05, 3.63) is 28.3 Å². The summed E-state index contributed by atoms with van der Waals surface area (Å²) in [4.78, 5) is 4.29. The molecule has 17 heavy (non-hydrogen) atoms. The first-order valence-corrected chi connectivity index (χ1v) is 6.49. The van der Waals surface area contributed by atoms with Crippen LogP contribution in [0.5, 0.6) is 0 Å². The molecule has 0 saturated carbocycles. The van der Waals surface area contributed by atoms with Gasteiger partial charge < -0.3 is 9.73 Å². The van der Waals surface area contributed by atoms with E-state index in [4.69, 9.17) is 4.42 Å². The highest BCUT2D eigenvalue weighted by molar-refractivity contribution is 9.10. The minimum atomic E-state index is -0.335. The number of nitrogens with zero attached hydrogens (tertiary/aromatic N) is 1. The van der Waals surface area contributed by atoms with Gasteiger partial charge in [-0.05, 0) is 38.1 Å². The van der Waals surface area contributed by atoms with Gasteiger partial charge >= 0.3 is 0 Å². The van der Waals surface area contributed by atoms with E-state index in [9.17, 15) is 4.39 Å². The Morgan fingerprint density at radius 3 is 2.88 bits per heavy atom. The predicted octanol–water partition coefficient (Wildman–Crippen LogP) is 3.20. The Kier molecular flexibility index (Phi) is 2.88. The van der Waals surface area contributed by atoms with Crippen LogP contribution in [-0.2, 0) is 0 Å². The van der Waals surface area contributed by atoms with Crippen molar-refractivity contribution in [2.45, 2.75) is 18.8 Å². The van der Waals surface area contributed by atoms with Gasteiger partial charge in [-0.15, -0.1) is 0 Å². The van der Waals surface area contributed by atoms with Crippen molar-refractivity contribution in [2.75, 3.05) is 13.1 Å². The molecule has 1 aromatic heterocycles. The van der Waals surface area contributed by atoms with Crippen LogP contribution >= 0.6 is 15.9 Å². The van der Waals surface area contributed by atoms with E-state index in [1.807, 2.05) is 0 Å². The zero-order chi connectivity index (χ0) is 11.8. The molecule has 0 spiro atoms. The number of piperidine rings is 1. The molecule has 2 heterocycles. The standard InChI is InChI=1S/C12H12BrFN2O/c13-8-5-9(14)11-10(6-8)17-12(16-11)7-1-3-15-4-2-7/h5-7,15H,1-4H2. The molecule has 0 aliphatic carbocycles. The largest absolute Gasteiger partial charge is 0.440 e. The maximum Gasteiger partial charge on any atom is 0.198 e. The SMILES string of the molecule is Fc1cc(Br)cc2oc(C3CCNCC3)nc12. The first-order chi connectivity index (χ1) is 8.24. The van der Waals surface area contributed by atoms with Gasteiger partial charge in [-0.3, -0.25) is 0 Å². The number of hydrogen-bond donors (Lipinski definition) is 1. The van der Waals surface area contributed by atoms with Crippen molar-refractivity contribution in [3.63, 3.8) is 0 Å². The van der Waals surface area contributed by atoms with Crippen molar-refractivity contribution in [1.82, 2.24) is 10.3 Å². The Morgan fingerprint density at radius 1 is 1.35 bits per heavy atom. The summed E-state index contributed by atoms with van der Waals surface area (Å²) in [5.41, 5.74) is 0.854. The highest BCUT2D eigenvalue weighted by Gasteiger charge is 2.21. The summed E-state index contributed by atoms with van der Waals surface area (Å²) in [6.07, 6.45) is 1.99. The summed E-state index contributed by atoms with van der Waals surface area (Å²) in [7, 11) is 0. The smallest absolute Gasteiger partial charge is 0.198 e. The third-order valence-electron chi connectivity index (χ3n) is 3.12. The number of oxazole rings is 1. The molecule has 3 rings (SSSR count). The minimum absolute atomic E-state index is 0.307. The zero-order valence-corrected chi connectivity index (χ0v) is 10.8. The van der Waals surface area contributed by atoms with E-state index in [0.717, 1.165) is 25.9 Å². The highest BCUT2D eigenvalue weighted by atomic mass is 79.9. The fourth-order valence-electron chi connectivity index (χ4n) is 2.22. The molecule has 0 unspecified atom stereocenters. The summed E-state index contributed by atoms with van der Waals surface area (Å²) in [5.74, 6) is 0.638. The highest BCUT2D eigenvalue weighted by Crippen LogP contribution is 2.30. The quantitative estimate of drug-likeness (QED) is 0.879. The molecule has 1 aliphatic heterocycles. The van der Waals surface area contributed by atoms with Crippen LogP contribution in [0.1, 0.15) is 24.7 Å². The molecular formula is C12H12BrFN2O. The lowest BCUT2D eigenvalue weighted by atomic mass is 9.98. The van der Waals surface area contributed by atoms with Crippen LogP contribution in [0.2, 0.25) is 0 Å². The van der Waals surface area contributed by atoms with E-state index in [2.05, 4.69) is 26.2 Å². The van der Waals surface area contributed by atoms with E-state index >= 15 is 0 Å². The summed E-state index contributed by atoms with van der Waals surface area (Å²) < 4.78 is 20.0. The van der Waals surface area contributed by atoms with Crippen LogP contribution in [-0.4, -0.2) is 18.1 Å². The molecular weight excluding hydrogens is 287 g/mol. The van der Waals surface area contributed by atoms with Crippen molar-refractivity contribution in [1.29, 1.82) is 0 Å². The van der Waals surface area contributed by atoms with Gasteiger partial charge in [0, 0.05) is 10.4 Å². The minimum Gasteiger partial charge on any atom is -0.440 e. The molecule has 1 saturated heterocycles. The van der Waals surface area contributed by atoms with Crippen molar-refractivity contribution < 1.29 is 8.81 Å². The van der Waals surface area contributed by atoms with Crippen molar-refractivity contribution in [3.8, 4) is 0 Å². The average Bonchev–Trinajstić information content (AvgIpc) is 2.74. The van der Waals surface area contributed by atoms with Crippen LogP contribution in [0.3, 0.4) is 0 Å². The summed E-state index contributed by atoms with van der Waals surface area (Å²) in [6, 6.07) is 3.17. The number of fused-ring (bicyclic) bond motifs is 1. The van der Waals surface area contributed by atoms with Crippen LogP contribution in [0.25, 0.3) is 11.1 Å². The van der Waals surface area contributed by atoms with Crippen LogP contribution < -0.4 is 5.32 Å². The van der Waals surface area contributed by atoms with E-state index in [1.165, 1.54) is 6.07 Å². The molecule has 0 atom stereocenters. The predicted molar refractivity (Wildman–Crippen MR) is 66.5 cm³/mol. The Balaban J connectivity index is 2.03. The van der Waals surface area contributed by atoms with Crippen molar-refractivity contribution >= 4 is 27.0 Å². The molecule has 5 heteroatoms. The van der Waals surface area contributed by atoms with Crippen molar-refractivity contribution in [2.24, 2.45) is 0 Å². The fraction of sp³-hybridized carbons (Fsp3) is 0.417. The maximum absolute atomic E-state index is 13.7. The number of hydrogen-bond acceptors (Lipinski definition) is 3.